The molecule has 9 heteroatoms. The lowest BCUT2D eigenvalue weighted by Crippen LogP contribution is -2.30. The van der Waals surface area contributed by atoms with E-state index in [0.717, 1.165) is 28.4 Å². The van der Waals surface area contributed by atoms with Gasteiger partial charge in [0, 0.05) is 35.5 Å². The largest absolute Gasteiger partial charge is 0.462 e. The smallest absolute Gasteiger partial charge is 0.341 e. The van der Waals surface area contributed by atoms with Crippen molar-refractivity contribution in [1.82, 2.24) is 4.90 Å². The number of rotatable bonds is 9. The Kier molecular flexibility index (Phi) is 8.69. The molecule has 1 amide bonds. The summed E-state index contributed by atoms with van der Waals surface area (Å²) >= 11 is 2.87. The minimum Gasteiger partial charge on any atom is -0.462 e. The number of carbonyl (C=O) groups is 3. The van der Waals surface area contributed by atoms with Crippen LogP contribution in [0.5, 0.6) is 0 Å². The van der Waals surface area contributed by atoms with Crippen molar-refractivity contribution >= 4 is 51.6 Å². The fourth-order valence-electron chi connectivity index (χ4n) is 3.96. The highest BCUT2D eigenvalue weighted by Crippen LogP contribution is 2.38. The second kappa shape index (κ2) is 12.1. The molecule has 36 heavy (non-hydrogen) atoms. The third-order valence-corrected chi connectivity index (χ3v) is 7.66. The molecule has 0 bridgehead atoms. The maximum Gasteiger partial charge on any atom is 0.341 e. The number of hydrogen-bond acceptors (Lipinski definition) is 8. The zero-order valence-electron chi connectivity index (χ0n) is 20.2. The predicted molar refractivity (Wildman–Crippen MR) is 142 cm³/mol. The van der Waals surface area contributed by atoms with Crippen molar-refractivity contribution < 1.29 is 23.9 Å². The molecule has 0 unspecified atom stereocenters. The molecule has 1 N–H and O–H groups in total. The standard InChI is InChI=1S/C27H28N2O5S2/c1-3-33-27(32)24-21-13-14-29(16-19-8-5-4-6-9-19)17-22(21)36-26(24)28-25(31)18(2)34-23(30)12-11-20-10-7-15-35-20/h4-12,15,18H,3,13-14,16-17H2,1-2H3,(H,28,31)/b12-11+/t18-/m0/s1. The van der Waals surface area contributed by atoms with Crippen LogP contribution in [0.3, 0.4) is 0 Å². The predicted octanol–water partition coefficient (Wildman–Crippen LogP) is 5.13. The molecule has 188 valence electrons. The van der Waals surface area contributed by atoms with E-state index in [9.17, 15) is 14.4 Å². The molecule has 1 aliphatic rings. The Labute approximate surface area is 218 Å². The van der Waals surface area contributed by atoms with Crippen molar-refractivity contribution in [3.63, 3.8) is 0 Å². The van der Waals surface area contributed by atoms with Crippen LogP contribution in [0.4, 0.5) is 5.00 Å². The molecular weight excluding hydrogens is 496 g/mol. The highest BCUT2D eigenvalue weighted by molar-refractivity contribution is 7.17. The SMILES string of the molecule is CCOC(=O)c1c(NC(=O)[C@H](C)OC(=O)/C=C/c2cccs2)sc2c1CCN(Cc1ccccc1)C2. The Balaban J connectivity index is 1.46. The number of nitrogens with one attached hydrogen (secondary N) is 1. The molecule has 1 aliphatic heterocycles. The van der Waals surface area contributed by atoms with Crippen LogP contribution in [-0.4, -0.2) is 42.0 Å². The molecule has 0 saturated heterocycles. The summed E-state index contributed by atoms with van der Waals surface area (Å²) in [5.74, 6) is -1.57. The lowest BCUT2D eigenvalue weighted by molar-refractivity contribution is -0.148. The molecule has 4 rings (SSSR count). The van der Waals surface area contributed by atoms with Crippen LogP contribution >= 0.6 is 22.7 Å². The van der Waals surface area contributed by atoms with Gasteiger partial charge >= 0.3 is 11.9 Å². The minimum absolute atomic E-state index is 0.238. The number of thiophene rings is 2. The van der Waals surface area contributed by atoms with E-state index in [4.69, 9.17) is 9.47 Å². The van der Waals surface area contributed by atoms with Gasteiger partial charge in [-0.25, -0.2) is 9.59 Å². The number of hydrogen-bond donors (Lipinski definition) is 1. The highest BCUT2D eigenvalue weighted by atomic mass is 32.1. The lowest BCUT2D eigenvalue weighted by atomic mass is 10.0. The summed E-state index contributed by atoms with van der Waals surface area (Å²) in [6.45, 7) is 5.77. The van der Waals surface area contributed by atoms with Crippen LogP contribution in [0.25, 0.3) is 6.08 Å². The molecular formula is C27H28N2O5S2. The quantitative estimate of drug-likeness (QED) is 0.309. The maximum absolute atomic E-state index is 12.9. The van der Waals surface area contributed by atoms with Crippen molar-refractivity contribution in [2.75, 3.05) is 18.5 Å². The molecule has 1 atom stereocenters. The number of benzene rings is 1. The lowest BCUT2D eigenvalue weighted by Gasteiger charge is -2.27. The Hall–Kier alpha value is -3.27. The summed E-state index contributed by atoms with van der Waals surface area (Å²) in [5, 5.41) is 5.15. The van der Waals surface area contributed by atoms with Crippen LogP contribution in [-0.2, 0) is 38.6 Å². The van der Waals surface area contributed by atoms with Crippen LogP contribution in [0.1, 0.15) is 45.1 Å². The zero-order valence-corrected chi connectivity index (χ0v) is 21.8. The first kappa shape index (κ1) is 25.8. The van der Waals surface area contributed by atoms with Gasteiger partial charge in [0.25, 0.3) is 5.91 Å². The summed E-state index contributed by atoms with van der Waals surface area (Å²) in [7, 11) is 0. The summed E-state index contributed by atoms with van der Waals surface area (Å²) in [6, 6.07) is 14.0. The topological polar surface area (TPSA) is 84.9 Å². The second-order valence-corrected chi connectivity index (χ2v) is 10.4. The minimum atomic E-state index is -1.03. The van der Waals surface area contributed by atoms with E-state index in [0.29, 0.717) is 23.5 Å². The molecule has 2 aromatic heterocycles. The van der Waals surface area contributed by atoms with E-state index in [1.54, 1.807) is 13.0 Å². The maximum atomic E-state index is 12.9. The average Bonchev–Trinajstić information content (AvgIpc) is 3.51. The normalized spacial score (nSPS) is 14.3. The van der Waals surface area contributed by atoms with Gasteiger partial charge in [0.15, 0.2) is 6.10 Å². The number of ether oxygens (including phenoxy) is 2. The van der Waals surface area contributed by atoms with Crippen molar-refractivity contribution in [3.8, 4) is 0 Å². The average molecular weight is 525 g/mol. The first-order valence-corrected chi connectivity index (χ1v) is 13.4. The summed E-state index contributed by atoms with van der Waals surface area (Å²) < 4.78 is 10.6. The third kappa shape index (κ3) is 6.48. The molecule has 0 spiro atoms. The van der Waals surface area contributed by atoms with E-state index in [2.05, 4.69) is 22.3 Å². The van der Waals surface area contributed by atoms with Crippen LogP contribution < -0.4 is 5.32 Å². The van der Waals surface area contributed by atoms with Gasteiger partial charge in [-0.1, -0.05) is 36.4 Å². The Morgan fingerprint density at radius 2 is 1.97 bits per heavy atom. The van der Waals surface area contributed by atoms with Gasteiger partial charge in [0.2, 0.25) is 0 Å². The molecule has 7 nitrogen and oxygen atoms in total. The molecule has 1 aromatic carbocycles. The molecule has 3 aromatic rings. The number of amides is 1. The van der Waals surface area contributed by atoms with Gasteiger partial charge in [-0.15, -0.1) is 22.7 Å². The Morgan fingerprint density at radius 3 is 2.69 bits per heavy atom. The number of anilines is 1. The Morgan fingerprint density at radius 1 is 1.17 bits per heavy atom. The molecule has 0 aliphatic carbocycles. The van der Waals surface area contributed by atoms with Gasteiger partial charge in [0.05, 0.1) is 12.2 Å². The highest BCUT2D eigenvalue weighted by Gasteiger charge is 2.30. The van der Waals surface area contributed by atoms with Crippen LogP contribution in [0, 0.1) is 0 Å². The molecule has 0 saturated carbocycles. The first-order chi connectivity index (χ1) is 17.4. The van der Waals surface area contributed by atoms with E-state index in [1.807, 2.05) is 35.7 Å². The summed E-state index contributed by atoms with van der Waals surface area (Å²) in [6.07, 6.45) is 2.59. The van der Waals surface area contributed by atoms with Crippen molar-refractivity contribution in [2.24, 2.45) is 0 Å². The van der Waals surface area contributed by atoms with Crippen molar-refractivity contribution in [3.05, 3.63) is 80.4 Å². The zero-order chi connectivity index (χ0) is 25.5. The van der Waals surface area contributed by atoms with E-state index < -0.39 is 23.9 Å². The number of nitrogens with zero attached hydrogens (tertiary/aromatic N) is 1. The van der Waals surface area contributed by atoms with Crippen LogP contribution in [0.2, 0.25) is 0 Å². The number of carbonyl (C=O) groups excluding carboxylic acids is 3. The fourth-order valence-corrected chi connectivity index (χ4v) is 5.86. The number of esters is 2. The van der Waals surface area contributed by atoms with Gasteiger partial charge in [-0.05, 0) is 48.9 Å². The van der Waals surface area contributed by atoms with Gasteiger partial charge < -0.3 is 14.8 Å². The summed E-state index contributed by atoms with van der Waals surface area (Å²) in [5.41, 5.74) is 2.54. The van der Waals surface area contributed by atoms with Gasteiger partial charge in [-0.3, -0.25) is 9.69 Å². The van der Waals surface area contributed by atoms with E-state index in [-0.39, 0.29) is 6.61 Å². The molecule has 0 radical (unpaired) electrons. The third-order valence-electron chi connectivity index (χ3n) is 5.69. The first-order valence-electron chi connectivity index (χ1n) is 11.8. The Bertz CT molecular complexity index is 1230. The van der Waals surface area contributed by atoms with Crippen molar-refractivity contribution in [1.29, 1.82) is 0 Å². The van der Waals surface area contributed by atoms with E-state index >= 15 is 0 Å². The molecule has 0 fully saturated rings. The fraction of sp³-hybridized carbons (Fsp3) is 0.296. The van der Waals surface area contributed by atoms with Gasteiger partial charge in [0.1, 0.15) is 5.00 Å². The van der Waals surface area contributed by atoms with Gasteiger partial charge in [-0.2, -0.15) is 0 Å². The van der Waals surface area contributed by atoms with E-state index in [1.165, 1.54) is 41.2 Å². The molecule has 3 heterocycles. The second-order valence-electron chi connectivity index (χ2n) is 8.29. The number of fused-ring (bicyclic) bond motifs is 1. The monoisotopic (exact) mass is 524 g/mol. The van der Waals surface area contributed by atoms with Crippen molar-refractivity contribution in [2.45, 2.75) is 39.5 Å². The van der Waals surface area contributed by atoms with Crippen LogP contribution in [0.15, 0.2) is 53.9 Å². The summed E-state index contributed by atoms with van der Waals surface area (Å²) in [4.78, 5) is 42.1.